The number of nitrogens with zero attached hydrogens (tertiary/aromatic N) is 3. The van der Waals surface area contributed by atoms with Gasteiger partial charge in [-0.2, -0.15) is 0 Å². The zero-order valence-corrected chi connectivity index (χ0v) is 20.3. The Hall–Kier alpha value is -1.58. The fraction of sp³-hybridized carbons (Fsp3) is 0.391. The van der Waals surface area contributed by atoms with Crippen LogP contribution in [0.4, 0.5) is 5.13 Å². The summed E-state index contributed by atoms with van der Waals surface area (Å²) in [6.07, 6.45) is 2.07. The molecule has 0 bridgehead atoms. The third-order valence-corrected chi connectivity index (χ3v) is 8.01. The van der Waals surface area contributed by atoms with E-state index in [1.807, 2.05) is 11.0 Å². The molecule has 4 rings (SSSR count). The second-order valence-electron chi connectivity index (χ2n) is 7.43. The summed E-state index contributed by atoms with van der Waals surface area (Å²) in [6.45, 7) is 6.89. The maximum Gasteiger partial charge on any atom is 0.239 e. The lowest BCUT2D eigenvalue weighted by atomic mass is 10.2. The van der Waals surface area contributed by atoms with E-state index in [-0.39, 0.29) is 5.91 Å². The molecule has 0 N–H and O–H groups in total. The van der Waals surface area contributed by atoms with Crippen molar-refractivity contribution >= 4 is 56.1 Å². The van der Waals surface area contributed by atoms with Gasteiger partial charge in [0.1, 0.15) is 0 Å². The van der Waals surface area contributed by atoms with Crippen molar-refractivity contribution in [1.29, 1.82) is 0 Å². The smallest absolute Gasteiger partial charge is 0.239 e. The number of carbonyl (C=O) groups excluding carboxylic acids is 1. The number of aromatic nitrogens is 1. The van der Waals surface area contributed by atoms with Crippen molar-refractivity contribution in [2.24, 2.45) is 0 Å². The van der Waals surface area contributed by atoms with E-state index in [1.54, 1.807) is 34.9 Å². The van der Waals surface area contributed by atoms with Gasteiger partial charge in [0.05, 0.1) is 29.2 Å². The van der Waals surface area contributed by atoms with Crippen LogP contribution in [0.1, 0.15) is 5.56 Å². The molecule has 0 aliphatic carbocycles. The normalized spacial score (nSPS) is 14.8. The Bertz CT molecular complexity index is 1020. The Kier molecular flexibility index (Phi) is 7.90. The molecule has 0 unspecified atom stereocenters. The van der Waals surface area contributed by atoms with Gasteiger partial charge >= 0.3 is 0 Å². The summed E-state index contributed by atoms with van der Waals surface area (Å²) >= 11 is 4.90. The molecule has 1 aromatic heterocycles. The number of hydrogen-bond donors (Lipinski definition) is 0. The number of anilines is 1. The predicted molar refractivity (Wildman–Crippen MR) is 133 cm³/mol. The summed E-state index contributed by atoms with van der Waals surface area (Å²) in [5.41, 5.74) is 2.18. The lowest BCUT2D eigenvalue weighted by Crippen LogP contribution is -2.43. The number of carbonyl (C=O) groups is 1. The molecule has 3 aromatic rings. The van der Waals surface area contributed by atoms with Crippen LogP contribution in [0.15, 0.2) is 52.3 Å². The second kappa shape index (κ2) is 10.8. The first-order valence-corrected chi connectivity index (χ1v) is 13.4. The van der Waals surface area contributed by atoms with Crippen molar-refractivity contribution in [3.8, 4) is 0 Å². The highest BCUT2D eigenvalue weighted by Crippen LogP contribution is 2.32. The maximum atomic E-state index is 13.3. The van der Waals surface area contributed by atoms with Gasteiger partial charge in [0.2, 0.25) is 5.91 Å². The van der Waals surface area contributed by atoms with Gasteiger partial charge in [0.25, 0.3) is 0 Å². The summed E-state index contributed by atoms with van der Waals surface area (Å²) in [7, 11) is 0. The van der Waals surface area contributed by atoms with Crippen molar-refractivity contribution in [2.75, 3.05) is 56.3 Å². The molecule has 1 fully saturated rings. The molecule has 0 atom stereocenters. The molecule has 0 saturated carbocycles. The molecule has 0 spiro atoms. The molecule has 2 heterocycles. The van der Waals surface area contributed by atoms with E-state index in [0.29, 0.717) is 12.3 Å². The molecule has 8 heteroatoms. The quantitative estimate of drug-likeness (QED) is 0.439. The zero-order chi connectivity index (χ0) is 21.6. The molecule has 5 nitrogen and oxygen atoms in total. The lowest BCUT2D eigenvalue weighted by molar-refractivity contribution is -0.116. The Morgan fingerprint density at radius 1 is 1.16 bits per heavy atom. The Balaban J connectivity index is 1.51. The number of rotatable bonds is 8. The first kappa shape index (κ1) is 22.6. The monoisotopic (exact) mass is 473 g/mol. The maximum absolute atomic E-state index is 13.3. The van der Waals surface area contributed by atoms with Crippen LogP contribution in [-0.4, -0.2) is 67.2 Å². The van der Waals surface area contributed by atoms with Crippen molar-refractivity contribution < 1.29 is 9.53 Å². The van der Waals surface area contributed by atoms with Crippen molar-refractivity contribution in [3.63, 3.8) is 0 Å². The van der Waals surface area contributed by atoms with E-state index in [2.05, 4.69) is 54.5 Å². The first-order valence-electron chi connectivity index (χ1n) is 10.4. The van der Waals surface area contributed by atoms with Crippen molar-refractivity contribution in [1.82, 2.24) is 9.88 Å². The van der Waals surface area contributed by atoms with Gasteiger partial charge in [-0.05, 0) is 43.5 Å². The van der Waals surface area contributed by atoms with Gasteiger partial charge in [-0.15, -0.1) is 23.5 Å². The fourth-order valence-electron chi connectivity index (χ4n) is 3.39. The van der Waals surface area contributed by atoms with Crippen molar-refractivity contribution in [3.05, 3.63) is 48.0 Å². The van der Waals surface area contributed by atoms with Crippen LogP contribution in [0.25, 0.3) is 10.2 Å². The van der Waals surface area contributed by atoms with Gasteiger partial charge in [0.15, 0.2) is 5.13 Å². The van der Waals surface area contributed by atoms with Crippen LogP contribution in [0.5, 0.6) is 0 Å². The number of aryl methyl sites for hydroxylation is 1. The number of fused-ring (bicyclic) bond motifs is 1. The van der Waals surface area contributed by atoms with E-state index in [9.17, 15) is 4.79 Å². The number of benzene rings is 2. The van der Waals surface area contributed by atoms with Gasteiger partial charge in [-0.1, -0.05) is 29.0 Å². The van der Waals surface area contributed by atoms with E-state index in [4.69, 9.17) is 9.72 Å². The van der Waals surface area contributed by atoms with Crippen LogP contribution in [0, 0.1) is 6.92 Å². The van der Waals surface area contributed by atoms with Gasteiger partial charge in [-0.25, -0.2) is 4.98 Å². The molecule has 164 valence electrons. The molecule has 1 aliphatic heterocycles. The zero-order valence-electron chi connectivity index (χ0n) is 17.9. The van der Waals surface area contributed by atoms with Gasteiger partial charge in [0, 0.05) is 36.0 Å². The Morgan fingerprint density at radius 3 is 2.65 bits per heavy atom. The molecule has 2 aromatic carbocycles. The van der Waals surface area contributed by atoms with Crippen molar-refractivity contribution in [2.45, 2.75) is 16.7 Å². The van der Waals surface area contributed by atoms with Crippen LogP contribution in [0.3, 0.4) is 0 Å². The largest absolute Gasteiger partial charge is 0.379 e. The molecule has 1 aliphatic rings. The molecule has 31 heavy (non-hydrogen) atoms. The third-order valence-electron chi connectivity index (χ3n) is 5.24. The summed E-state index contributed by atoms with van der Waals surface area (Å²) < 4.78 is 6.58. The highest BCUT2D eigenvalue weighted by Gasteiger charge is 2.22. The average Bonchev–Trinajstić information content (AvgIpc) is 3.22. The highest BCUT2D eigenvalue weighted by molar-refractivity contribution is 8.00. The average molecular weight is 474 g/mol. The lowest BCUT2D eigenvalue weighted by Gasteiger charge is -2.29. The topological polar surface area (TPSA) is 45.7 Å². The van der Waals surface area contributed by atoms with Gasteiger partial charge in [-0.3, -0.25) is 14.6 Å². The number of thioether (sulfide) groups is 2. The standard InChI is InChI=1S/C23H27N3O2S3/c1-17-3-5-18(6-4-17)30-16-22(27)26(10-9-25-11-13-28-14-12-25)23-24-20-8-7-19(29-2)15-21(20)31-23/h3-8,15H,9-14,16H2,1-2H3. The summed E-state index contributed by atoms with van der Waals surface area (Å²) in [4.78, 5) is 24.6. The predicted octanol–water partition coefficient (Wildman–Crippen LogP) is 4.78. The van der Waals surface area contributed by atoms with E-state index in [1.165, 1.54) is 10.5 Å². The number of amides is 1. The second-order valence-corrected chi connectivity index (χ2v) is 10.4. The molecule has 1 amide bonds. The summed E-state index contributed by atoms with van der Waals surface area (Å²) in [6, 6.07) is 14.6. The minimum absolute atomic E-state index is 0.1000. The van der Waals surface area contributed by atoms with Gasteiger partial charge < -0.3 is 4.74 Å². The number of ether oxygens (including phenoxy) is 1. The Labute approximate surface area is 196 Å². The minimum Gasteiger partial charge on any atom is -0.379 e. The van der Waals surface area contributed by atoms with Crippen LogP contribution in [-0.2, 0) is 9.53 Å². The minimum atomic E-state index is 0.1000. The highest BCUT2D eigenvalue weighted by atomic mass is 32.2. The Morgan fingerprint density at radius 2 is 1.90 bits per heavy atom. The van der Waals surface area contributed by atoms with E-state index in [0.717, 1.165) is 53.1 Å². The molecule has 0 radical (unpaired) electrons. The fourth-order valence-corrected chi connectivity index (χ4v) is 5.72. The summed E-state index contributed by atoms with van der Waals surface area (Å²) in [5.74, 6) is 0.501. The van der Waals surface area contributed by atoms with Crippen LogP contribution < -0.4 is 4.90 Å². The van der Waals surface area contributed by atoms with Crippen LogP contribution >= 0.6 is 34.9 Å². The number of morpholine rings is 1. The van der Waals surface area contributed by atoms with Crippen LogP contribution in [0.2, 0.25) is 0 Å². The molecule has 1 saturated heterocycles. The molecular formula is C23H27N3O2S3. The molecular weight excluding hydrogens is 446 g/mol. The number of hydrogen-bond acceptors (Lipinski definition) is 7. The first-order chi connectivity index (χ1) is 15.1. The summed E-state index contributed by atoms with van der Waals surface area (Å²) in [5, 5.41) is 0.788. The SMILES string of the molecule is CSc1ccc2nc(N(CCN3CCOCC3)C(=O)CSc3ccc(C)cc3)sc2c1. The third kappa shape index (κ3) is 6.02. The van der Waals surface area contributed by atoms with E-state index >= 15 is 0 Å². The number of thiazole rings is 1. The van der Waals surface area contributed by atoms with E-state index < -0.39 is 0 Å².